The molecule has 4 saturated heterocycles. The number of benzene rings is 2. The summed E-state index contributed by atoms with van der Waals surface area (Å²) >= 11 is 5.72. The topological polar surface area (TPSA) is 348 Å². The molecule has 5 aliphatic heterocycles. The lowest BCUT2D eigenvalue weighted by molar-refractivity contribution is -0.0668. The third-order valence-electron chi connectivity index (χ3n) is 16.2. The van der Waals surface area contributed by atoms with Crippen LogP contribution >= 0.6 is 66.7 Å². The van der Waals surface area contributed by atoms with E-state index >= 15 is 0 Å². The monoisotopic (exact) mass is 1530 g/mol. The molecule has 0 bridgehead atoms. The first kappa shape index (κ1) is 78.1. The number of hydrogen-bond donors (Lipinski definition) is 5. The maximum atomic E-state index is 13.0. The zero-order chi connectivity index (χ0) is 69.8. The molecule has 3 unspecified atom stereocenters. The van der Waals surface area contributed by atoms with Crippen molar-refractivity contribution in [2.24, 2.45) is 0 Å². The van der Waals surface area contributed by atoms with Gasteiger partial charge in [-0.05, 0) is 80.8 Å². The predicted octanol–water partition coefficient (Wildman–Crippen LogP) is 8.16. The Labute approximate surface area is 596 Å². The van der Waals surface area contributed by atoms with Gasteiger partial charge in [-0.2, -0.15) is 15.3 Å². The lowest BCUT2D eigenvalue weighted by Crippen LogP contribution is -2.51. The van der Waals surface area contributed by atoms with E-state index in [0.29, 0.717) is 111 Å². The lowest BCUT2D eigenvalue weighted by atomic mass is 10.00. The highest BCUT2D eigenvalue weighted by atomic mass is 36.0. The molecule has 29 nitrogen and oxygen atoms in total. The molecule has 0 saturated carbocycles. The van der Waals surface area contributed by atoms with Gasteiger partial charge in [0.25, 0.3) is 22.2 Å². The second-order valence-corrected chi connectivity index (χ2v) is 37.5. The molecule has 538 valence electrons. The van der Waals surface area contributed by atoms with Gasteiger partial charge in [0.05, 0.1) is 69.7 Å². The van der Waals surface area contributed by atoms with E-state index in [1.165, 1.54) is 18.3 Å². The highest BCUT2D eigenvalue weighted by Gasteiger charge is 2.30. The van der Waals surface area contributed by atoms with E-state index in [1.807, 2.05) is 36.4 Å². The van der Waals surface area contributed by atoms with Crippen LogP contribution in [-0.2, 0) is 76.5 Å². The fourth-order valence-electron chi connectivity index (χ4n) is 11.3. The molecule has 100 heavy (non-hydrogen) atoms. The van der Waals surface area contributed by atoms with Crippen molar-refractivity contribution < 1.29 is 42.1 Å². The number of rotatable bonds is 15. The van der Waals surface area contributed by atoms with Crippen molar-refractivity contribution in [1.29, 1.82) is 0 Å². The van der Waals surface area contributed by atoms with Crippen LogP contribution in [0.3, 0.4) is 0 Å². The number of nitrogens with one attached hydrogen (secondary N) is 4. The molecular weight excluding hydrogens is 1460 g/mol. The first-order chi connectivity index (χ1) is 48.0. The van der Waals surface area contributed by atoms with Crippen LogP contribution in [0.25, 0.3) is 27.6 Å². The Bertz CT molecular complexity index is 4450. The number of imidazole rings is 4. The molecule has 0 radical (unpaired) electrons. The fourth-order valence-corrected chi connectivity index (χ4v) is 11.5. The Kier molecular flexibility index (Phi) is 30.4. The molecular formula is C62H79Cl3FN17O12P4S. The largest absolute Gasteiger partial charge is 0.388 e. The van der Waals surface area contributed by atoms with Crippen molar-refractivity contribution in [3.63, 3.8) is 0 Å². The van der Waals surface area contributed by atoms with Gasteiger partial charge in [-0.1, -0.05) is 56.0 Å². The quantitative estimate of drug-likeness (QED) is 0.0367. The molecule has 5 N–H and O–H groups in total. The van der Waals surface area contributed by atoms with E-state index < -0.39 is 9.23 Å². The Morgan fingerprint density at radius 3 is 1.49 bits per heavy atom. The van der Waals surface area contributed by atoms with Gasteiger partial charge in [0.1, 0.15) is 48.2 Å². The van der Waals surface area contributed by atoms with Crippen LogP contribution in [0.5, 0.6) is 0 Å². The van der Waals surface area contributed by atoms with Crippen molar-refractivity contribution in [3.8, 4) is 0 Å². The number of alkyl halides is 1. The number of halogens is 4. The number of fused-ring (bicyclic) bond motifs is 4. The summed E-state index contributed by atoms with van der Waals surface area (Å²) in [7, 11) is 15.3. The van der Waals surface area contributed by atoms with Crippen LogP contribution in [0, 0.1) is 5.82 Å². The molecule has 5 aliphatic rings. The summed E-state index contributed by atoms with van der Waals surface area (Å²) in [6.07, 6.45) is 14.4. The molecule has 0 spiro atoms. The van der Waals surface area contributed by atoms with Gasteiger partial charge in [-0.3, -0.25) is 24.1 Å². The first-order valence-electron chi connectivity index (χ1n) is 31.5. The number of aromatic amines is 4. The summed E-state index contributed by atoms with van der Waals surface area (Å²) in [6, 6.07) is 16.2. The van der Waals surface area contributed by atoms with E-state index in [2.05, 4.69) is 113 Å². The van der Waals surface area contributed by atoms with Crippen LogP contribution in [0.15, 0.2) is 105 Å². The average Bonchev–Trinajstić information content (AvgIpc) is 1.63. The molecule has 0 amide bonds. The van der Waals surface area contributed by atoms with E-state index in [9.17, 15) is 23.6 Å². The average molecular weight is 1540 g/mol. The van der Waals surface area contributed by atoms with E-state index in [4.69, 9.17) is 49.3 Å². The van der Waals surface area contributed by atoms with Gasteiger partial charge in [-0.15, -0.1) is 43.5 Å². The standard InChI is InChI=1S/C21H24FN5O3.C18H18N4O3.C11H13ClN4O2.C11H14N4O3.CH4.Cl2OS.H6P4/c22-16-3-1-14(2-4-16)13-30-17-10-26(11-17)12-19-24-21(28)18-9-23-20(27(18)25-19)15-5-7-29-8-6-15;23-18-15-10-19-17(14-6-8-24-9-7-14)22(15)21-16(20-18)12-25-11-13-4-2-1-3-5-13;12-5-9-14-11(17)8-6-13-10(16(8)15-9)7-1-3-18-4-2-7;16-6-9-13-11(17)8-5-12-10(15(8)14-9)7-1-3-18-4-2-7;;2*1-4(2)3/h1-4,9,15,17H,5-8,10-13H2,(H,24,25,28);1-6,10H,7-9,11-12H2,(H,20,21,23);6-7H,1-5H2,(H,14,15,17);5,7,16H,1-4,6H2,(H,13,14,17);1H4;;1-3H2. The molecule has 0 aliphatic carbocycles. The Morgan fingerprint density at radius 2 is 1.01 bits per heavy atom. The number of aliphatic hydroxyl groups excluding tert-OH is 1. The third kappa shape index (κ3) is 21.8. The molecule has 2 aromatic carbocycles. The second-order valence-electron chi connectivity index (χ2n) is 23.1. The molecule has 3 atom stereocenters. The summed E-state index contributed by atoms with van der Waals surface area (Å²) in [5.41, 5.74) is 3.97. The van der Waals surface area contributed by atoms with Crippen LogP contribution < -0.4 is 22.2 Å². The van der Waals surface area contributed by atoms with Gasteiger partial charge in [0.2, 0.25) is 9.23 Å². The van der Waals surface area contributed by atoms with Gasteiger partial charge in [-0.25, -0.2) is 46.6 Å². The number of likely N-dealkylation sites (tertiary alicyclic amines) is 1. The zero-order valence-electron chi connectivity index (χ0n) is 53.5. The number of aromatic nitrogens is 16. The molecule has 10 aromatic rings. The number of nitrogens with zero attached hydrogens (tertiary/aromatic N) is 13. The minimum Gasteiger partial charge on any atom is -0.388 e. The van der Waals surface area contributed by atoms with Crippen molar-refractivity contribution in [2.45, 2.75) is 115 Å². The smallest absolute Gasteiger partial charge is 0.277 e. The fraction of sp³-hybridized carbons (Fsp3) is 0.452. The van der Waals surface area contributed by atoms with Gasteiger partial charge in [0, 0.05) is 91.8 Å². The molecule has 13 heterocycles. The Balaban J connectivity index is 0.000000152. The van der Waals surface area contributed by atoms with E-state index in [0.717, 1.165) is 105 Å². The van der Waals surface area contributed by atoms with E-state index in [-0.39, 0.29) is 85.3 Å². The minimum atomic E-state index is -1.67. The van der Waals surface area contributed by atoms with E-state index in [1.54, 1.807) is 48.8 Å². The van der Waals surface area contributed by atoms with Crippen molar-refractivity contribution in [2.75, 3.05) is 65.9 Å². The Hall–Kier alpha value is -6.07. The highest BCUT2D eigenvalue weighted by Crippen LogP contribution is 2.60. The summed E-state index contributed by atoms with van der Waals surface area (Å²) in [5, 5.41) is 26.7. The molecule has 4 fully saturated rings. The number of aliphatic hydroxyl groups is 1. The molecule has 38 heteroatoms. The number of H-pyrrole nitrogens is 4. The summed E-state index contributed by atoms with van der Waals surface area (Å²) in [6.45, 7) is 8.54. The SMILES string of the molecule is C.O=S(Cl)Cl.O=c1[nH]c(CCl)nn2c(C3CCOCC3)ncc12.O=c1[nH]c(CN2CC(OCc3ccc(F)cc3)C2)nn2c(C3CCOCC3)ncc12.O=c1[nH]c(CO)nn2c(C3CCOCC3)ncc12.O=c1[nH]c(COCc2ccccc2)nn2c(C3=CCOCC3)ncc12.PP(P)P. The van der Waals surface area contributed by atoms with Gasteiger partial charge >= 0.3 is 0 Å². The Morgan fingerprint density at radius 1 is 0.580 bits per heavy atom. The molecule has 8 aromatic heterocycles. The minimum absolute atomic E-state index is 0. The van der Waals surface area contributed by atoms with Crippen LogP contribution in [0.4, 0.5) is 4.39 Å². The zero-order valence-corrected chi connectivity index (χ0v) is 60.9. The number of hydrogen-bond acceptors (Lipinski definition) is 21. The first-order valence-corrected chi connectivity index (χ1v) is 41.1. The van der Waals surface area contributed by atoms with Crippen molar-refractivity contribution >= 4 is 104 Å². The second kappa shape index (κ2) is 39.0. The summed E-state index contributed by atoms with van der Waals surface area (Å²) < 4.78 is 61.5. The van der Waals surface area contributed by atoms with Gasteiger partial charge in [0.15, 0.2) is 39.5 Å². The summed E-state index contributed by atoms with van der Waals surface area (Å²) in [4.78, 5) is 78.7. The molecule has 15 rings (SSSR count). The van der Waals surface area contributed by atoms with Crippen LogP contribution in [0.2, 0.25) is 0 Å². The van der Waals surface area contributed by atoms with Crippen LogP contribution in [0.1, 0.15) is 128 Å². The highest BCUT2D eigenvalue weighted by molar-refractivity contribution is 8.65. The normalized spacial score (nSPS) is 16.2. The maximum absolute atomic E-state index is 13.0. The summed E-state index contributed by atoms with van der Waals surface area (Å²) in [5.74, 6) is 5.66. The van der Waals surface area contributed by atoms with Crippen molar-refractivity contribution in [1.82, 2.24) is 83.2 Å². The van der Waals surface area contributed by atoms with Crippen LogP contribution in [-0.4, -0.2) is 165 Å². The number of ether oxygens (including phenoxy) is 6. The van der Waals surface area contributed by atoms with Gasteiger partial charge < -0.3 is 53.5 Å². The third-order valence-corrected chi connectivity index (χ3v) is 16.5. The lowest BCUT2D eigenvalue weighted by Gasteiger charge is -2.38. The van der Waals surface area contributed by atoms with Crippen molar-refractivity contribution in [3.05, 3.63) is 190 Å². The maximum Gasteiger partial charge on any atom is 0.277 e. The predicted molar refractivity (Wildman–Crippen MR) is 390 cm³/mol.